The quantitative estimate of drug-likeness (QED) is 0.808. The van der Waals surface area contributed by atoms with Gasteiger partial charge in [0.05, 0.1) is 21.4 Å². The van der Waals surface area contributed by atoms with Gasteiger partial charge in [0.2, 0.25) is 0 Å². The van der Waals surface area contributed by atoms with Crippen LogP contribution in [0.4, 0.5) is 0 Å². The molecule has 2 aromatic rings. The molecule has 0 amide bonds. The Hall–Kier alpha value is -1.26. The summed E-state index contributed by atoms with van der Waals surface area (Å²) in [6.45, 7) is 0. The highest BCUT2D eigenvalue weighted by atomic mass is 79.9. The maximum Gasteiger partial charge on any atom is 0.175 e. The van der Waals surface area contributed by atoms with Gasteiger partial charge in [-0.1, -0.05) is 42.5 Å². The Kier molecular flexibility index (Phi) is 4.44. The van der Waals surface area contributed by atoms with E-state index in [0.717, 1.165) is 4.47 Å². The van der Waals surface area contributed by atoms with Gasteiger partial charge in [0, 0.05) is 10.0 Å². The van der Waals surface area contributed by atoms with Gasteiger partial charge in [-0.25, -0.2) is 0 Å². The summed E-state index contributed by atoms with van der Waals surface area (Å²) >= 11 is 3.34. The summed E-state index contributed by atoms with van der Waals surface area (Å²) in [4.78, 5) is 12.6. The molecule has 0 aromatic heterocycles. The Balaban J connectivity index is 2.14. The van der Waals surface area contributed by atoms with E-state index < -0.39 is 10.8 Å². The van der Waals surface area contributed by atoms with Gasteiger partial charge in [0.15, 0.2) is 5.78 Å². The molecule has 0 aliphatic rings. The molecule has 1 atom stereocenters. The zero-order valence-corrected chi connectivity index (χ0v) is 11.9. The van der Waals surface area contributed by atoms with Crippen molar-refractivity contribution in [3.8, 4) is 0 Å². The van der Waals surface area contributed by atoms with Crippen molar-refractivity contribution in [2.75, 3.05) is 5.75 Å². The number of rotatable bonds is 4. The fourth-order valence-electron chi connectivity index (χ4n) is 1.53. The van der Waals surface area contributed by atoms with Crippen LogP contribution in [0.25, 0.3) is 0 Å². The molecule has 0 radical (unpaired) electrons. The summed E-state index contributed by atoms with van der Waals surface area (Å²) < 4.78 is 12.9. The van der Waals surface area contributed by atoms with Crippen molar-refractivity contribution in [3.05, 3.63) is 64.6 Å². The van der Waals surface area contributed by atoms with Crippen molar-refractivity contribution in [1.82, 2.24) is 0 Å². The van der Waals surface area contributed by atoms with Gasteiger partial charge in [-0.15, -0.1) is 0 Å². The minimum Gasteiger partial charge on any atom is -0.293 e. The minimum atomic E-state index is -1.32. The summed E-state index contributed by atoms with van der Waals surface area (Å²) in [7, 11) is -1.32. The van der Waals surface area contributed by atoms with Gasteiger partial charge in [-0.2, -0.15) is 0 Å². The fraction of sp³-hybridized carbons (Fsp3) is 0.0714. The molecule has 2 nitrogen and oxygen atoms in total. The summed E-state index contributed by atoms with van der Waals surface area (Å²) in [5.41, 5.74) is 0.595. The van der Waals surface area contributed by atoms with Crippen LogP contribution >= 0.6 is 15.9 Å². The van der Waals surface area contributed by atoms with Crippen LogP contribution in [0.2, 0.25) is 0 Å². The molecular formula is C14H11BrO2S. The molecule has 0 saturated heterocycles. The number of ketones is 1. The van der Waals surface area contributed by atoms with Crippen molar-refractivity contribution in [2.45, 2.75) is 4.90 Å². The molecule has 0 saturated carbocycles. The van der Waals surface area contributed by atoms with E-state index >= 15 is 0 Å². The predicted molar refractivity (Wildman–Crippen MR) is 76.2 cm³/mol. The average Bonchev–Trinajstić information content (AvgIpc) is 2.40. The number of halogens is 1. The van der Waals surface area contributed by atoms with Crippen LogP contribution in [0, 0.1) is 0 Å². The van der Waals surface area contributed by atoms with E-state index in [2.05, 4.69) is 15.9 Å². The van der Waals surface area contributed by atoms with Crippen molar-refractivity contribution < 1.29 is 9.00 Å². The Morgan fingerprint density at radius 2 is 1.61 bits per heavy atom. The molecule has 0 heterocycles. The lowest BCUT2D eigenvalue weighted by Gasteiger charge is -2.04. The highest BCUT2D eigenvalue weighted by Gasteiger charge is 2.13. The summed E-state index contributed by atoms with van der Waals surface area (Å²) in [6, 6.07) is 16.2. The first-order valence-electron chi connectivity index (χ1n) is 5.39. The van der Waals surface area contributed by atoms with Gasteiger partial charge in [-0.05, 0) is 28.1 Å². The Labute approximate surface area is 117 Å². The molecule has 0 spiro atoms. The number of carbonyl (C=O) groups excluding carboxylic acids is 1. The maximum atomic E-state index is 12.1. The SMILES string of the molecule is O=C(C[S@@](=O)c1ccccc1Br)c1ccccc1. The highest BCUT2D eigenvalue weighted by molar-refractivity contribution is 9.10. The van der Waals surface area contributed by atoms with E-state index in [1.54, 1.807) is 30.3 Å². The largest absolute Gasteiger partial charge is 0.293 e. The van der Waals surface area contributed by atoms with Gasteiger partial charge in [0.1, 0.15) is 0 Å². The van der Waals surface area contributed by atoms with E-state index in [0.29, 0.717) is 10.5 Å². The Morgan fingerprint density at radius 3 is 2.28 bits per heavy atom. The molecule has 0 unspecified atom stereocenters. The second kappa shape index (κ2) is 6.07. The summed E-state index contributed by atoms with van der Waals surface area (Å²) in [6.07, 6.45) is 0. The Morgan fingerprint density at radius 1 is 1.00 bits per heavy atom. The van der Waals surface area contributed by atoms with E-state index in [-0.39, 0.29) is 11.5 Å². The fourth-order valence-corrected chi connectivity index (χ4v) is 3.44. The van der Waals surface area contributed by atoms with E-state index in [9.17, 15) is 9.00 Å². The topological polar surface area (TPSA) is 34.1 Å². The minimum absolute atomic E-state index is 0.00657. The molecular weight excluding hydrogens is 312 g/mol. The number of hydrogen-bond acceptors (Lipinski definition) is 2. The molecule has 2 aromatic carbocycles. The molecule has 4 heteroatoms. The number of Topliss-reactive ketones (excluding diaryl/α,β-unsaturated/α-hetero) is 1. The van der Waals surface area contributed by atoms with Crippen LogP contribution < -0.4 is 0 Å². The van der Waals surface area contributed by atoms with Gasteiger partial charge < -0.3 is 0 Å². The average molecular weight is 323 g/mol. The zero-order chi connectivity index (χ0) is 13.0. The lowest BCUT2D eigenvalue weighted by atomic mass is 10.2. The second-order valence-corrected chi connectivity index (χ2v) is 5.98. The number of carbonyl (C=O) groups is 1. The van der Waals surface area contributed by atoms with Crippen LogP contribution in [0.5, 0.6) is 0 Å². The summed E-state index contributed by atoms with van der Waals surface area (Å²) in [5, 5.41) is 0. The lowest BCUT2D eigenvalue weighted by Crippen LogP contribution is -2.11. The first-order valence-corrected chi connectivity index (χ1v) is 7.51. The normalized spacial score (nSPS) is 12.1. The highest BCUT2D eigenvalue weighted by Crippen LogP contribution is 2.20. The van der Waals surface area contributed by atoms with Crippen LogP contribution in [-0.2, 0) is 10.8 Å². The first-order chi connectivity index (χ1) is 8.68. The second-order valence-electron chi connectivity index (χ2n) is 3.71. The van der Waals surface area contributed by atoms with Gasteiger partial charge in [-0.3, -0.25) is 9.00 Å². The smallest absolute Gasteiger partial charge is 0.175 e. The van der Waals surface area contributed by atoms with Crippen molar-refractivity contribution in [2.24, 2.45) is 0 Å². The molecule has 0 fully saturated rings. The predicted octanol–water partition coefficient (Wildman–Crippen LogP) is 3.44. The van der Waals surface area contributed by atoms with Crippen molar-refractivity contribution in [1.29, 1.82) is 0 Å². The van der Waals surface area contributed by atoms with E-state index in [1.807, 2.05) is 24.3 Å². The standard InChI is InChI=1S/C14H11BrO2S/c15-12-8-4-5-9-14(12)18(17)10-13(16)11-6-2-1-3-7-11/h1-9H,10H2/t18-/m1/s1. The molecule has 18 heavy (non-hydrogen) atoms. The zero-order valence-electron chi connectivity index (χ0n) is 9.51. The molecule has 92 valence electrons. The molecule has 0 aliphatic carbocycles. The number of hydrogen-bond donors (Lipinski definition) is 0. The third-order valence-corrected chi connectivity index (χ3v) is 4.76. The van der Waals surface area contributed by atoms with E-state index in [4.69, 9.17) is 0 Å². The molecule has 0 bridgehead atoms. The number of benzene rings is 2. The van der Waals surface area contributed by atoms with Crippen molar-refractivity contribution >= 4 is 32.5 Å². The lowest BCUT2D eigenvalue weighted by molar-refractivity contribution is 0.102. The van der Waals surface area contributed by atoms with Crippen molar-refractivity contribution in [3.63, 3.8) is 0 Å². The van der Waals surface area contributed by atoms with Crippen LogP contribution in [-0.4, -0.2) is 15.7 Å². The van der Waals surface area contributed by atoms with Crippen LogP contribution in [0.3, 0.4) is 0 Å². The maximum absolute atomic E-state index is 12.1. The molecule has 0 N–H and O–H groups in total. The van der Waals surface area contributed by atoms with Crippen LogP contribution in [0.15, 0.2) is 64.0 Å². The third-order valence-electron chi connectivity index (χ3n) is 2.44. The molecule has 2 rings (SSSR count). The first kappa shape index (κ1) is 13.2. The monoisotopic (exact) mass is 322 g/mol. The summed E-state index contributed by atoms with van der Waals surface area (Å²) in [5.74, 6) is -0.100. The third kappa shape index (κ3) is 3.15. The van der Waals surface area contributed by atoms with E-state index in [1.165, 1.54) is 0 Å². The van der Waals surface area contributed by atoms with Crippen LogP contribution in [0.1, 0.15) is 10.4 Å². The van der Waals surface area contributed by atoms with Gasteiger partial charge in [0.25, 0.3) is 0 Å². The van der Waals surface area contributed by atoms with Gasteiger partial charge >= 0.3 is 0 Å². The Bertz CT molecular complexity index is 581. The molecule has 0 aliphatic heterocycles.